The highest BCUT2D eigenvalue weighted by Gasteiger charge is 1.99. The number of carbonyl (C=O) groups excluding carboxylic acids is 2. The van der Waals surface area contributed by atoms with E-state index in [1.807, 2.05) is 0 Å². The molecule has 0 N–H and O–H groups in total. The molecule has 0 saturated carbocycles. The fourth-order valence-corrected chi connectivity index (χ4v) is 0.893. The van der Waals surface area contributed by atoms with Crippen LogP contribution in [0.25, 0.3) is 6.08 Å². The lowest BCUT2D eigenvalue weighted by Crippen LogP contribution is -1.87. The van der Waals surface area contributed by atoms with Gasteiger partial charge in [-0.1, -0.05) is 12.1 Å². The smallest absolute Gasteiger partial charge is 0.152 e. The second-order valence-corrected chi connectivity index (χ2v) is 2.39. The van der Waals surface area contributed by atoms with Crippen LogP contribution in [0.3, 0.4) is 0 Å². The van der Waals surface area contributed by atoms with E-state index in [-0.39, 0.29) is 5.56 Å². The normalized spacial score (nSPS) is 10.2. The molecule has 1 rings (SSSR count). The molecule has 0 unspecified atom stereocenters. The Balaban J connectivity index is 3.02. The summed E-state index contributed by atoms with van der Waals surface area (Å²) in [5, 5.41) is 0. The zero-order valence-corrected chi connectivity index (χ0v) is 6.74. The van der Waals surface area contributed by atoms with Crippen LogP contribution >= 0.6 is 0 Å². The maximum atomic E-state index is 12.9. The van der Waals surface area contributed by atoms with Crippen LogP contribution in [-0.4, -0.2) is 12.6 Å². The Morgan fingerprint density at radius 2 is 2.00 bits per heavy atom. The molecule has 0 aliphatic carbocycles. The number of rotatable bonds is 3. The molecule has 2 nitrogen and oxygen atoms in total. The standard InChI is InChI=1S/C10H7FO2/c11-10-6-8(2-1-5-12)3-4-9(10)7-13/h1-7H. The summed E-state index contributed by atoms with van der Waals surface area (Å²) in [6.45, 7) is 0. The topological polar surface area (TPSA) is 34.1 Å². The summed E-state index contributed by atoms with van der Waals surface area (Å²) < 4.78 is 12.9. The van der Waals surface area contributed by atoms with Crippen molar-refractivity contribution in [1.82, 2.24) is 0 Å². The minimum atomic E-state index is -0.581. The Hall–Kier alpha value is -1.77. The Kier molecular flexibility index (Phi) is 3.09. The molecule has 0 fully saturated rings. The van der Waals surface area contributed by atoms with E-state index in [1.165, 1.54) is 24.3 Å². The highest BCUT2D eigenvalue weighted by molar-refractivity contribution is 5.77. The lowest BCUT2D eigenvalue weighted by molar-refractivity contribution is -0.104. The minimum Gasteiger partial charge on any atom is -0.299 e. The third-order valence-corrected chi connectivity index (χ3v) is 1.52. The van der Waals surface area contributed by atoms with Crippen molar-refractivity contribution in [2.75, 3.05) is 0 Å². The Morgan fingerprint density at radius 3 is 2.54 bits per heavy atom. The third kappa shape index (κ3) is 2.33. The van der Waals surface area contributed by atoms with Gasteiger partial charge in [0.15, 0.2) is 6.29 Å². The van der Waals surface area contributed by atoms with E-state index in [1.54, 1.807) is 6.07 Å². The van der Waals surface area contributed by atoms with Crippen LogP contribution in [0.2, 0.25) is 0 Å². The van der Waals surface area contributed by atoms with Crippen LogP contribution < -0.4 is 0 Å². The summed E-state index contributed by atoms with van der Waals surface area (Å²) in [4.78, 5) is 20.2. The van der Waals surface area contributed by atoms with Gasteiger partial charge in [0.05, 0.1) is 5.56 Å². The van der Waals surface area contributed by atoms with Crippen molar-refractivity contribution in [2.24, 2.45) is 0 Å². The average Bonchev–Trinajstić information content (AvgIpc) is 2.15. The van der Waals surface area contributed by atoms with E-state index in [2.05, 4.69) is 0 Å². The van der Waals surface area contributed by atoms with Gasteiger partial charge in [-0.15, -0.1) is 0 Å². The first-order chi connectivity index (χ1) is 6.27. The van der Waals surface area contributed by atoms with Crippen LogP contribution in [0, 0.1) is 5.82 Å². The predicted molar refractivity (Wildman–Crippen MR) is 46.9 cm³/mol. The van der Waals surface area contributed by atoms with Gasteiger partial charge < -0.3 is 0 Å². The quantitative estimate of drug-likeness (QED) is 0.522. The zero-order chi connectivity index (χ0) is 9.68. The highest BCUT2D eigenvalue weighted by Crippen LogP contribution is 2.09. The van der Waals surface area contributed by atoms with Gasteiger partial charge in [-0.2, -0.15) is 0 Å². The average molecular weight is 178 g/mol. The number of hydrogen-bond donors (Lipinski definition) is 0. The van der Waals surface area contributed by atoms with Crippen molar-refractivity contribution >= 4 is 18.6 Å². The first-order valence-corrected chi connectivity index (χ1v) is 3.64. The Labute approximate surface area is 74.7 Å². The first-order valence-electron chi connectivity index (χ1n) is 3.64. The lowest BCUT2D eigenvalue weighted by atomic mass is 10.1. The monoisotopic (exact) mass is 178 g/mol. The molecule has 0 heterocycles. The van der Waals surface area contributed by atoms with Gasteiger partial charge in [-0.3, -0.25) is 9.59 Å². The molecule has 0 aliphatic heterocycles. The third-order valence-electron chi connectivity index (χ3n) is 1.52. The Morgan fingerprint density at radius 1 is 1.23 bits per heavy atom. The van der Waals surface area contributed by atoms with E-state index in [4.69, 9.17) is 0 Å². The summed E-state index contributed by atoms with van der Waals surface area (Å²) in [6.07, 6.45) is 3.77. The number of hydrogen-bond acceptors (Lipinski definition) is 2. The SMILES string of the molecule is O=CC=Cc1ccc(C=O)c(F)c1. The van der Waals surface area contributed by atoms with Gasteiger partial charge in [-0.05, 0) is 23.8 Å². The minimum absolute atomic E-state index is 0.0169. The largest absolute Gasteiger partial charge is 0.299 e. The molecule has 66 valence electrons. The van der Waals surface area contributed by atoms with Crippen LogP contribution in [0.4, 0.5) is 4.39 Å². The number of halogens is 1. The number of aldehydes is 2. The van der Waals surface area contributed by atoms with Gasteiger partial charge in [-0.25, -0.2) is 4.39 Å². The van der Waals surface area contributed by atoms with Crippen molar-refractivity contribution in [3.05, 3.63) is 41.2 Å². The zero-order valence-electron chi connectivity index (χ0n) is 6.74. The fourth-order valence-electron chi connectivity index (χ4n) is 0.893. The summed E-state index contributed by atoms with van der Waals surface area (Å²) >= 11 is 0. The van der Waals surface area contributed by atoms with Gasteiger partial charge in [0.25, 0.3) is 0 Å². The molecular weight excluding hydrogens is 171 g/mol. The van der Waals surface area contributed by atoms with E-state index in [0.717, 1.165) is 0 Å². The second-order valence-electron chi connectivity index (χ2n) is 2.39. The molecule has 0 radical (unpaired) electrons. The molecule has 0 aromatic heterocycles. The summed E-state index contributed by atoms with van der Waals surface area (Å²) in [5.41, 5.74) is 0.568. The van der Waals surface area contributed by atoms with E-state index in [9.17, 15) is 14.0 Å². The van der Waals surface area contributed by atoms with Crippen LogP contribution in [0.15, 0.2) is 24.3 Å². The summed E-state index contributed by atoms with van der Waals surface area (Å²) in [5.74, 6) is -0.581. The van der Waals surface area contributed by atoms with Gasteiger partial charge in [0.1, 0.15) is 12.1 Å². The van der Waals surface area contributed by atoms with Crippen molar-refractivity contribution in [2.45, 2.75) is 0 Å². The van der Waals surface area contributed by atoms with Crippen molar-refractivity contribution < 1.29 is 14.0 Å². The molecule has 13 heavy (non-hydrogen) atoms. The molecular formula is C10H7FO2. The van der Waals surface area contributed by atoms with Crippen molar-refractivity contribution in [3.63, 3.8) is 0 Å². The predicted octanol–water partition coefficient (Wildman–Crippen LogP) is 1.85. The molecule has 0 atom stereocenters. The van der Waals surface area contributed by atoms with Gasteiger partial charge in [0.2, 0.25) is 0 Å². The Bertz CT molecular complexity index is 356. The molecule has 0 spiro atoms. The number of carbonyl (C=O) groups is 2. The van der Waals surface area contributed by atoms with Crippen molar-refractivity contribution in [1.29, 1.82) is 0 Å². The maximum absolute atomic E-state index is 12.9. The van der Waals surface area contributed by atoms with Crippen LogP contribution in [0.5, 0.6) is 0 Å². The van der Waals surface area contributed by atoms with Crippen LogP contribution in [-0.2, 0) is 4.79 Å². The maximum Gasteiger partial charge on any atom is 0.152 e. The number of allylic oxidation sites excluding steroid dienone is 1. The molecule has 0 bridgehead atoms. The first kappa shape index (κ1) is 9.32. The molecule has 1 aromatic rings. The molecule has 0 amide bonds. The van der Waals surface area contributed by atoms with Crippen LogP contribution in [0.1, 0.15) is 15.9 Å². The van der Waals surface area contributed by atoms with E-state index in [0.29, 0.717) is 18.1 Å². The molecule has 1 aromatic carbocycles. The summed E-state index contributed by atoms with van der Waals surface area (Å²) in [6, 6.07) is 4.13. The molecule has 0 saturated heterocycles. The summed E-state index contributed by atoms with van der Waals surface area (Å²) in [7, 11) is 0. The molecule has 3 heteroatoms. The van der Waals surface area contributed by atoms with Gasteiger partial charge >= 0.3 is 0 Å². The number of benzene rings is 1. The van der Waals surface area contributed by atoms with Gasteiger partial charge in [0, 0.05) is 0 Å². The van der Waals surface area contributed by atoms with E-state index >= 15 is 0 Å². The fraction of sp³-hybridized carbons (Fsp3) is 0. The molecule has 0 aliphatic rings. The second kappa shape index (κ2) is 4.30. The van der Waals surface area contributed by atoms with E-state index < -0.39 is 5.82 Å². The lowest BCUT2D eigenvalue weighted by Gasteiger charge is -1.95. The van der Waals surface area contributed by atoms with Crippen molar-refractivity contribution in [3.8, 4) is 0 Å². The highest BCUT2D eigenvalue weighted by atomic mass is 19.1.